The molecule has 0 saturated heterocycles. The van der Waals surface area contributed by atoms with Crippen LogP contribution in [-0.4, -0.2) is 31.8 Å². The van der Waals surface area contributed by atoms with Crippen molar-refractivity contribution in [1.82, 2.24) is 10.6 Å². The summed E-state index contributed by atoms with van der Waals surface area (Å²) in [5, 5.41) is 6.17. The molecule has 0 atom stereocenters. The van der Waals surface area contributed by atoms with Gasteiger partial charge in [-0.2, -0.15) is 13.2 Å². The van der Waals surface area contributed by atoms with Gasteiger partial charge in [0, 0.05) is 25.1 Å². The number of ether oxygens (including phenoxy) is 1. The van der Waals surface area contributed by atoms with E-state index in [2.05, 4.69) is 15.6 Å². The number of alkyl halides is 3. The van der Waals surface area contributed by atoms with Gasteiger partial charge in [-0.1, -0.05) is 12.1 Å². The fourth-order valence-corrected chi connectivity index (χ4v) is 2.25. The summed E-state index contributed by atoms with van der Waals surface area (Å²) in [5.41, 5.74) is 2.09. The molecule has 0 bridgehead atoms. The highest BCUT2D eigenvalue weighted by atomic mass is 19.4. The van der Waals surface area contributed by atoms with Gasteiger partial charge in [0.1, 0.15) is 5.75 Å². The van der Waals surface area contributed by atoms with Gasteiger partial charge in [0.15, 0.2) is 5.96 Å². The van der Waals surface area contributed by atoms with E-state index in [0.29, 0.717) is 38.6 Å². The van der Waals surface area contributed by atoms with Crippen LogP contribution in [0.25, 0.3) is 0 Å². The number of aliphatic imine (C=N–C) groups is 1. The summed E-state index contributed by atoms with van der Waals surface area (Å²) in [6.45, 7) is 8.03. The highest BCUT2D eigenvalue weighted by Gasteiger charge is 2.25. The molecule has 0 fully saturated rings. The van der Waals surface area contributed by atoms with E-state index in [1.165, 1.54) is 0 Å². The van der Waals surface area contributed by atoms with E-state index >= 15 is 0 Å². The minimum atomic E-state index is -4.08. The van der Waals surface area contributed by atoms with Gasteiger partial charge >= 0.3 is 6.18 Å². The predicted octanol–water partition coefficient (Wildman–Crippen LogP) is 4.18. The Morgan fingerprint density at radius 3 is 2.56 bits per heavy atom. The first kappa shape index (κ1) is 21.1. The Morgan fingerprint density at radius 1 is 1.16 bits per heavy atom. The van der Waals surface area contributed by atoms with Crippen LogP contribution in [0.1, 0.15) is 44.2 Å². The Bertz CT molecular complexity index is 545. The molecule has 4 nitrogen and oxygen atoms in total. The number of benzene rings is 1. The van der Waals surface area contributed by atoms with E-state index in [1.807, 2.05) is 39.0 Å². The minimum absolute atomic E-state index is 0.113. The third-order valence-corrected chi connectivity index (χ3v) is 3.45. The molecule has 1 aromatic rings. The molecule has 142 valence electrons. The molecule has 0 aliphatic heterocycles. The highest BCUT2D eigenvalue weighted by Crippen LogP contribution is 2.22. The molecule has 0 unspecified atom stereocenters. The van der Waals surface area contributed by atoms with Gasteiger partial charge in [-0.05, 0) is 45.2 Å². The Hall–Kier alpha value is -1.92. The van der Waals surface area contributed by atoms with Gasteiger partial charge in [0.25, 0.3) is 0 Å². The summed E-state index contributed by atoms with van der Waals surface area (Å²) in [6.07, 6.45) is -4.27. The molecule has 0 aliphatic rings. The predicted molar refractivity (Wildman–Crippen MR) is 95.1 cm³/mol. The number of halogens is 3. The first-order chi connectivity index (χ1) is 11.9. The Kier molecular flexibility index (Phi) is 9.16. The van der Waals surface area contributed by atoms with E-state index in [1.54, 1.807) is 0 Å². The average molecular weight is 359 g/mol. The van der Waals surface area contributed by atoms with E-state index in [-0.39, 0.29) is 6.42 Å². The van der Waals surface area contributed by atoms with Gasteiger partial charge in [0.05, 0.1) is 13.2 Å². The molecule has 0 aliphatic carbocycles. The highest BCUT2D eigenvalue weighted by molar-refractivity contribution is 5.79. The normalized spacial score (nSPS) is 12.2. The molecular weight excluding hydrogens is 331 g/mol. The lowest BCUT2D eigenvalue weighted by Gasteiger charge is -2.13. The van der Waals surface area contributed by atoms with Crippen molar-refractivity contribution in [2.75, 3.05) is 19.7 Å². The molecule has 25 heavy (non-hydrogen) atoms. The van der Waals surface area contributed by atoms with Gasteiger partial charge in [-0.3, -0.25) is 0 Å². The second-order valence-electron chi connectivity index (χ2n) is 5.74. The SMILES string of the molecule is CCNC(=NCc1ccc(C)cc1OCC)NCCCCC(F)(F)F. The third kappa shape index (κ3) is 9.22. The van der Waals surface area contributed by atoms with Gasteiger partial charge in [-0.15, -0.1) is 0 Å². The minimum Gasteiger partial charge on any atom is -0.494 e. The van der Waals surface area contributed by atoms with Crippen molar-refractivity contribution < 1.29 is 17.9 Å². The molecule has 1 aromatic carbocycles. The number of aryl methyl sites for hydroxylation is 1. The van der Waals surface area contributed by atoms with Crippen molar-refractivity contribution in [2.45, 2.75) is 52.8 Å². The van der Waals surface area contributed by atoms with Gasteiger partial charge in [0.2, 0.25) is 0 Å². The largest absolute Gasteiger partial charge is 0.494 e. The maximum atomic E-state index is 12.1. The fraction of sp³-hybridized carbons (Fsp3) is 0.611. The van der Waals surface area contributed by atoms with Crippen molar-refractivity contribution in [3.63, 3.8) is 0 Å². The number of nitrogens with one attached hydrogen (secondary N) is 2. The Morgan fingerprint density at radius 2 is 1.92 bits per heavy atom. The average Bonchev–Trinajstić information content (AvgIpc) is 2.52. The Balaban J connectivity index is 2.58. The summed E-state index contributed by atoms with van der Waals surface area (Å²) in [6, 6.07) is 5.97. The van der Waals surface area contributed by atoms with Crippen molar-refractivity contribution in [3.8, 4) is 5.75 Å². The van der Waals surface area contributed by atoms with Crippen LogP contribution in [0.5, 0.6) is 5.75 Å². The second kappa shape index (κ2) is 10.8. The molecular formula is C18H28F3N3O. The molecule has 2 N–H and O–H groups in total. The number of hydrogen-bond acceptors (Lipinski definition) is 2. The number of nitrogens with zero attached hydrogens (tertiary/aromatic N) is 1. The molecule has 7 heteroatoms. The number of rotatable bonds is 9. The van der Waals surface area contributed by atoms with Crippen molar-refractivity contribution in [2.24, 2.45) is 4.99 Å². The van der Waals surface area contributed by atoms with Crippen LogP contribution < -0.4 is 15.4 Å². The van der Waals surface area contributed by atoms with Crippen LogP contribution >= 0.6 is 0 Å². The van der Waals surface area contributed by atoms with Crippen molar-refractivity contribution >= 4 is 5.96 Å². The van der Waals surface area contributed by atoms with Crippen LogP contribution in [0.4, 0.5) is 13.2 Å². The van der Waals surface area contributed by atoms with Crippen molar-refractivity contribution in [3.05, 3.63) is 29.3 Å². The van der Waals surface area contributed by atoms with Crippen LogP contribution in [0.3, 0.4) is 0 Å². The maximum absolute atomic E-state index is 12.1. The topological polar surface area (TPSA) is 45.7 Å². The summed E-state index contributed by atoms with van der Waals surface area (Å²) in [5.74, 6) is 1.41. The second-order valence-corrected chi connectivity index (χ2v) is 5.74. The zero-order valence-corrected chi connectivity index (χ0v) is 15.2. The number of unbranched alkanes of at least 4 members (excludes halogenated alkanes) is 1. The number of guanidine groups is 1. The first-order valence-corrected chi connectivity index (χ1v) is 8.67. The summed E-state index contributed by atoms with van der Waals surface area (Å²) in [4.78, 5) is 4.49. The summed E-state index contributed by atoms with van der Waals surface area (Å²) in [7, 11) is 0. The Labute approximate surface area is 147 Å². The lowest BCUT2D eigenvalue weighted by Crippen LogP contribution is -2.37. The van der Waals surface area contributed by atoms with Gasteiger partial charge in [-0.25, -0.2) is 4.99 Å². The monoisotopic (exact) mass is 359 g/mol. The molecule has 1 rings (SSSR count). The van der Waals surface area contributed by atoms with E-state index in [4.69, 9.17) is 4.74 Å². The number of hydrogen-bond donors (Lipinski definition) is 2. The van der Waals surface area contributed by atoms with Crippen LogP contribution in [-0.2, 0) is 6.54 Å². The van der Waals surface area contributed by atoms with E-state index < -0.39 is 12.6 Å². The maximum Gasteiger partial charge on any atom is 0.389 e. The van der Waals surface area contributed by atoms with Crippen molar-refractivity contribution in [1.29, 1.82) is 0 Å². The van der Waals surface area contributed by atoms with E-state index in [0.717, 1.165) is 16.9 Å². The fourth-order valence-electron chi connectivity index (χ4n) is 2.25. The zero-order chi connectivity index (χ0) is 18.7. The summed E-state index contributed by atoms with van der Waals surface area (Å²) >= 11 is 0. The first-order valence-electron chi connectivity index (χ1n) is 8.67. The molecule has 0 amide bonds. The van der Waals surface area contributed by atoms with E-state index in [9.17, 15) is 13.2 Å². The van der Waals surface area contributed by atoms with Gasteiger partial charge < -0.3 is 15.4 Å². The summed E-state index contributed by atoms with van der Waals surface area (Å²) < 4.78 is 42.0. The molecule has 0 aromatic heterocycles. The lowest BCUT2D eigenvalue weighted by molar-refractivity contribution is -0.135. The molecule has 0 spiro atoms. The quantitative estimate of drug-likeness (QED) is 0.395. The third-order valence-electron chi connectivity index (χ3n) is 3.45. The van der Waals surface area contributed by atoms with Crippen LogP contribution in [0.15, 0.2) is 23.2 Å². The van der Waals surface area contributed by atoms with Crippen LogP contribution in [0.2, 0.25) is 0 Å². The molecule has 0 heterocycles. The zero-order valence-electron chi connectivity index (χ0n) is 15.2. The molecule has 0 radical (unpaired) electrons. The molecule has 0 saturated carbocycles. The standard InChI is InChI=1S/C18H28F3N3O/c1-4-22-17(23-11-7-6-10-18(19,20)21)24-13-15-9-8-14(3)12-16(15)25-5-2/h8-9,12H,4-7,10-11,13H2,1-3H3,(H2,22,23,24). The smallest absolute Gasteiger partial charge is 0.389 e. The van der Waals surface area contributed by atoms with Crippen LogP contribution in [0, 0.1) is 6.92 Å². The lowest BCUT2D eigenvalue weighted by atomic mass is 10.1.